The van der Waals surface area contributed by atoms with Crippen LogP contribution in [0.1, 0.15) is 24.8 Å². The summed E-state index contributed by atoms with van der Waals surface area (Å²) in [6.45, 7) is 1.21. The van der Waals surface area contributed by atoms with E-state index in [1.807, 2.05) is 12.1 Å². The molecule has 2 rings (SSSR count). The predicted molar refractivity (Wildman–Crippen MR) is 62.1 cm³/mol. The van der Waals surface area contributed by atoms with Gasteiger partial charge in [-0.05, 0) is 50.6 Å². The standard InChI is InChI=1S/C13H19NO/c1-14-8-3-2-6-12(14)9-11-5-4-7-13(15)10-11/h4-5,7,10,12,15H,2-3,6,8-9H2,1H3. The minimum atomic E-state index is 0.381. The molecule has 1 aromatic rings. The molecule has 0 spiro atoms. The van der Waals surface area contributed by atoms with Crippen molar-refractivity contribution in [2.45, 2.75) is 31.7 Å². The maximum atomic E-state index is 9.39. The van der Waals surface area contributed by atoms with E-state index in [0.29, 0.717) is 11.8 Å². The van der Waals surface area contributed by atoms with Crippen LogP contribution in [0.5, 0.6) is 5.75 Å². The fourth-order valence-electron chi connectivity index (χ4n) is 2.36. The van der Waals surface area contributed by atoms with Gasteiger partial charge < -0.3 is 10.0 Å². The molecular formula is C13H19NO. The van der Waals surface area contributed by atoms with Gasteiger partial charge in [-0.3, -0.25) is 0 Å². The number of phenols is 1. The van der Waals surface area contributed by atoms with Gasteiger partial charge in [0.15, 0.2) is 0 Å². The van der Waals surface area contributed by atoms with Crippen LogP contribution in [0, 0.1) is 0 Å². The Kier molecular flexibility index (Phi) is 3.27. The third-order valence-electron chi connectivity index (χ3n) is 3.30. The second-order valence-corrected chi connectivity index (χ2v) is 4.50. The first-order valence-electron chi connectivity index (χ1n) is 5.74. The van der Waals surface area contributed by atoms with Gasteiger partial charge in [-0.2, -0.15) is 0 Å². The van der Waals surface area contributed by atoms with Crippen molar-refractivity contribution in [3.8, 4) is 5.75 Å². The summed E-state index contributed by atoms with van der Waals surface area (Å²) in [5.74, 6) is 0.381. The molecule has 82 valence electrons. The maximum Gasteiger partial charge on any atom is 0.115 e. The Morgan fingerprint density at radius 2 is 2.27 bits per heavy atom. The van der Waals surface area contributed by atoms with Crippen LogP contribution in [0.2, 0.25) is 0 Å². The molecule has 1 aliphatic heterocycles. The van der Waals surface area contributed by atoms with Gasteiger partial charge >= 0.3 is 0 Å². The number of rotatable bonds is 2. The number of likely N-dealkylation sites (tertiary alicyclic amines) is 1. The number of hydrogen-bond acceptors (Lipinski definition) is 2. The van der Waals surface area contributed by atoms with Gasteiger partial charge in [0.25, 0.3) is 0 Å². The zero-order chi connectivity index (χ0) is 10.7. The third-order valence-corrected chi connectivity index (χ3v) is 3.30. The van der Waals surface area contributed by atoms with Crippen LogP contribution in [0.4, 0.5) is 0 Å². The summed E-state index contributed by atoms with van der Waals surface area (Å²) in [4.78, 5) is 2.44. The van der Waals surface area contributed by atoms with Crippen LogP contribution in [-0.2, 0) is 6.42 Å². The molecule has 1 fully saturated rings. The number of hydrogen-bond donors (Lipinski definition) is 1. The summed E-state index contributed by atoms with van der Waals surface area (Å²) in [6, 6.07) is 8.28. The first-order valence-corrected chi connectivity index (χ1v) is 5.74. The van der Waals surface area contributed by atoms with E-state index in [4.69, 9.17) is 0 Å². The Labute approximate surface area is 91.5 Å². The average Bonchev–Trinajstić information content (AvgIpc) is 2.22. The number of piperidine rings is 1. The molecule has 15 heavy (non-hydrogen) atoms. The van der Waals surface area contributed by atoms with Crippen molar-refractivity contribution in [1.82, 2.24) is 4.90 Å². The first-order chi connectivity index (χ1) is 7.25. The summed E-state index contributed by atoms with van der Waals surface area (Å²) in [5, 5.41) is 9.39. The predicted octanol–water partition coefficient (Wildman–Crippen LogP) is 2.42. The maximum absolute atomic E-state index is 9.39. The quantitative estimate of drug-likeness (QED) is 0.801. The van der Waals surface area contributed by atoms with Gasteiger partial charge in [0.05, 0.1) is 0 Å². The summed E-state index contributed by atoms with van der Waals surface area (Å²) < 4.78 is 0. The van der Waals surface area contributed by atoms with Crippen molar-refractivity contribution >= 4 is 0 Å². The summed E-state index contributed by atoms with van der Waals surface area (Å²) in [7, 11) is 2.20. The zero-order valence-corrected chi connectivity index (χ0v) is 9.32. The van der Waals surface area contributed by atoms with Crippen LogP contribution in [-0.4, -0.2) is 29.6 Å². The van der Waals surface area contributed by atoms with E-state index in [1.54, 1.807) is 6.07 Å². The van der Waals surface area contributed by atoms with E-state index in [1.165, 1.54) is 31.4 Å². The lowest BCUT2D eigenvalue weighted by molar-refractivity contribution is 0.184. The Hall–Kier alpha value is -1.02. The number of aromatic hydroxyl groups is 1. The Bertz CT molecular complexity index is 324. The van der Waals surface area contributed by atoms with Crippen molar-refractivity contribution < 1.29 is 5.11 Å². The Balaban J connectivity index is 2.01. The Morgan fingerprint density at radius 3 is 3.00 bits per heavy atom. The van der Waals surface area contributed by atoms with Crippen molar-refractivity contribution in [3.05, 3.63) is 29.8 Å². The molecule has 1 atom stereocenters. The molecule has 2 heteroatoms. The summed E-state index contributed by atoms with van der Waals surface area (Å²) >= 11 is 0. The highest BCUT2D eigenvalue weighted by molar-refractivity contribution is 5.27. The third kappa shape index (κ3) is 2.72. The lowest BCUT2D eigenvalue weighted by Gasteiger charge is -2.32. The van der Waals surface area contributed by atoms with Crippen LogP contribution in [0.25, 0.3) is 0 Å². The van der Waals surface area contributed by atoms with E-state index in [-0.39, 0.29) is 0 Å². The highest BCUT2D eigenvalue weighted by Gasteiger charge is 2.18. The van der Waals surface area contributed by atoms with E-state index in [0.717, 1.165) is 6.42 Å². The fourth-order valence-corrected chi connectivity index (χ4v) is 2.36. The van der Waals surface area contributed by atoms with Gasteiger partial charge in [0.2, 0.25) is 0 Å². The van der Waals surface area contributed by atoms with Crippen molar-refractivity contribution in [2.75, 3.05) is 13.6 Å². The molecule has 1 heterocycles. The Morgan fingerprint density at radius 1 is 1.40 bits per heavy atom. The monoisotopic (exact) mass is 205 g/mol. The molecule has 1 aromatic carbocycles. The van der Waals surface area contributed by atoms with Gasteiger partial charge in [0.1, 0.15) is 5.75 Å². The topological polar surface area (TPSA) is 23.5 Å². The van der Waals surface area contributed by atoms with Gasteiger partial charge in [0, 0.05) is 6.04 Å². The molecule has 0 amide bonds. The van der Waals surface area contributed by atoms with Gasteiger partial charge in [-0.1, -0.05) is 18.6 Å². The summed E-state index contributed by atoms with van der Waals surface area (Å²) in [5.41, 5.74) is 1.24. The molecule has 0 radical (unpaired) electrons. The van der Waals surface area contributed by atoms with Crippen LogP contribution < -0.4 is 0 Å². The minimum Gasteiger partial charge on any atom is -0.508 e. The molecule has 1 unspecified atom stereocenters. The van der Waals surface area contributed by atoms with E-state index >= 15 is 0 Å². The largest absolute Gasteiger partial charge is 0.508 e. The van der Waals surface area contributed by atoms with Crippen LogP contribution in [0.3, 0.4) is 0 Å². The van der Waals surface area contributed by atoms with Crippen molar-refractivity contribution in [2.24, 2.45) is 0 Å². The molecule has 1 N–H and O–H groups in total. The second kappa shape index (κ2) is 4.67. The van der Waals surface area contributed by atoms with Gasteiger partial charge in [-0.15, -0.1) is 0 Å². The second-order valence-electron chi connectivity index (χ2n) is 4.50. The molecule has 0 saturated carbocycles. The molecule has 1 aliphatic rings. The van der Waals surface area contributed by atoms with Crippen molar-refractivity contribution in [3.63, 3.8) is 0 Å². The van der Waals surface area contributed by atoms with Gasteiger partial charge in [-0.25, -0.2) is 0 Å². The highest BCUT2D eigenvalue weighted by Crippen LogP contribution is 2.20. The SMILES string of the molecule is CN1CCCCC1Cc1cccc(O)c1. The van der Waals surface area contributed by atoms with Crippen molar-refractivity contribution in [1.29, 1.82) is 0 Å². The number of likely N-dealkylation sites (N-methyl/N-ethyl adjacent to an activating group) is 1. The molecule has 0 aliphatic carbocycles. The lowest BCUT2D eigenvalue weighted by atomic mass is 9.96. The smallest absolute Gasteiger partial charge is 0.115 e. The van der Waals surface area contributed by atoms with Crippen LogP contribution >= 0.6 is 0 Å². The first kappa shape index (κ1) is 10.5. The molecule has 0 aromatic heterocycles. The van der Waals surface area contributed by atoms with E-state index in [9.17, 15) is 5.11 Å². The van der Waals surface area contributed by atoms with Crippen LogP contribution in [0.15, 0.2) is 24.3 Å². The number of benzene rings is 1. The molecule has 2 nitrogen and oxygen atoms in total. The molecule has 0 bridgehead atoms. The molecular weight excluding hydrogens is 186 g/mol. The molecule has 1 saturated heterocycles. The average molecular weight is 205 g/mol. The van der Waals surface area contributed by atoms with E-state index in [2.05, 4.69) is 18.0 Å². The zero-order valence-electron chi connectivity index (χ0n) is 9.32. The number of phenolic OH excluding ortho intramolecular Hbond substituents is 1. The summed E-state index contributed by atoms with van der Waals surface area (Å²) in [6.07, 6.45) is 5.01. The minimum absolute atomic E-state index is 0.381. The lowest BCUT2D eigenvalue weighted by Crippen LogP contribution is -2.37. The normalized spacial score (nSPS) is 22.9. The fraction of sp³-hybridized carbons (Fsp3) is 0.538. The highest BCUT2D eigenvalue weighted by atomic mass is 16.3. The number of nitrogens with zero attached hydrogens (tertiary/aromatic N) is 1. The van der Waals surface area contributed by atoms with E-state index < -0.39 is 0 Å².